The van der Waals surface area contributed by atoms with Crippen molar-refractivity contribution in [2.75, 3.05) is 12.0 Å². The lowest BCUT2D eigenvalue weighted by Gasteiger charge is -2.26. The quantitative estimate of drug-likeness (QED) is 0.113. The minimum atomic E-state index is -0.842. The summed E-state index contributed by atoms with van der Waals surface area (Å²) in [5.74, 6) is -0.0759. The SMILES string of the molecule is C=CCc1cc(/C=C2\C(=O)NC(=O)N(c3ccc(OCc4ccccc4)cc3)C2=O)cc(OC)c1OCc1ccc(Cl)cc1. The third-order valence-corrected chi connectivity index (χ3v) is 7.04. The van der Waals surface area contributed by atoms with E-state index in [-0.39, 0.29) is 17.9 Å². The number of halogens is 1. The Morgan fingerprint density at radius 3 is 2.23 bits per heavy atom. The molecule has 44 heavy (non-hydrogen) atoms. The van der Waals surface area contributed by atoms with Crippen LogP contribution in [-0.2, 0) is 29.2 Å². The van der Waals surface area contributed by atoms with E-state index in [1.807, 2.05) is 42.5 Å². The number of hydrogen-bond acceptors (Lipinski definition) is 6. The Morgan fingerprint density at radius 2 is 1.55 bits per heavy atom. The summed E-state index contributed by atoms with van der Waals surface area (Å²) in [6.45, 7) is 4.48. The molecule has 4 aromatic carbocycles. The maximum atomic E-state index is 13.5. The van der Waals surface area contributed by atoms with Gasteiger partial charge in [-0.15, -0.1) is 6.58 Å². The number of barbiturate groups is 1. The van der Waals surface area contributed by atoms with Crippen LogP contribution in [-0.4, -0.2) is 25.0 Å². The molecule has 1 aliphatic rings. The Labute approximate surface area is 260 Å². The summed E-state index contributed by atoms with van der Waals surface area (Å²) in [4.78, 5) is 40.0. The van der Waals surface area contributed by atoms with E-state index in [4.69, 9.17) is 25.8 Å². The molecule has 1 heterocycles. The molecule has 9 heteroatoms. The van der Waals surface area contributed by atoms with Gasteiger partial charge >= 0.3 is 6.03 Å². The number of carbonyl (C=O) groups is 3. The standard InChI is InChI=1S/C35H29ClN2O6/c1-3-7-26-18-25(20-31(42-2)32(26)44-22-24-10-12-27(36)13-11-24)19-30-33(39)37-35(41)38(34(30)40)28-14-16-29(17-15-28)43-21-23-8-5-4-6-9-23/h3-6,8-20H,1,7,21-22H2,2H3,(H,37,39,41)/b30-19+. The Morgan fingerprint density at radius 1 is 0.864 bits per heavy atom. The molecule has 0 bridgehead atoms. The van der Waals surface area contributed by atoms with E-state index in [9.17, 15) is 14.4 Å². The van der Waals surface area contributed by atoms with Crippen LogP contribution < -0.4 is 24.4 Å². The molecule has 0 spiro atoms. The largest absolute Gasteiger partial charge is 0.493 e. The van der Waals surface area contributed by atoms with E-state index in [1.165, 1.54) is 13.2 Å². The average molecular weight is 609 g/mol. The van der Waals surface area contributed by atoms with Crippen molar-refractivity contribution in [2.45, 2.75) is 19.6 Å². The highest BCUT2D eigenvalue weighted by molar-refractivity contribution is 6.39. The van der Waals surface area contributed by atoms with Crippen LogP contribution in [0.4, 0.5) is 10.5 Å². The highest BCUT2D eigenvalue weighted by Gasteiger charge is 2.37. The van der Waals surface area contributed by atoms with Crippen LogP contribution in [0.3, 0.4) is 0 Å². The van der Waals surface area contributed by atoms with Gasteiger partial charge in [0.05, 0.1) is 12.8 Å². The van der Waals surface area contributed by atoms with Crippen molar-refractivity contribution >= 4 is 41.2 Å². The van der Waals surface area contributed by atoms with E-state index in [1.54, 1.807) is 54.6 Å². The van der Waals surface area contributed by atoms with E-state index >= 15 is 0 Å². The first kappa shape index (κ1) is 30.1. The number of anilines is 1. The van der Waals surface area contributed by atoms with Gasteiger partial charge in [-0.05, 0) is 77.7 Å². The highest BCUT2D eigenvalue weighted by Crippen LogP contribution is 2.35. The lowest BCUT2D eigenvalue weighted by molar-refractivity contribution is -0.122. The minimum Gasteiger partial charge on any atom is -0.493 e. The van der Waals surface area contributed by atoms with Crippen LogP contribution in [0, 0.1) is 0 Å². The molecule has 8 nitrogen and oxygen atoms in total. The summed E-state index contributed by atoms with van der Waals surface area (Å²) in [5, 5.41) is 2.89. The Bertz CT molecular complexity index is 1720. The number of ether oxygens (including phenoxy) is 3. The molecule has 1 fully saturated rings. The summed E-state index contributed by atoms with van der Waals surface area (Å²) in [6.07, 6.45) is 3.58. The maximum Gasteiger partial charge on any atom is 0.335 e. The van der Waals surface area contributed by atoms with Crippen molar-refractivity contribution in [3.8, 4) is 17.2 Å². The van der Waals surface area contributed by atoms with E-state index in [0.29, 0.717) is 40.9 Å². The van der Waals surface area contributed by atoms with Crippen molar-refractivity contribution < 1.29 is 28.6 Å². The summed E-state index contributed by atoms with van der Waals surface area (Å²) < 4.78 is 17.5. The van der Waals surface area contributed by atoms with Gasteiger partial charge in [-0.1, -0.05) is 60.1 Å². The Kier molecular flexibility index (Phi) is 9.42. The number of allylic oxidation sites excluding steroid dienone is 1. The first-order chi connectivity index (χ1) is 21.4. The van der Waals surface area contributed by atoms with Gasteiger partial charge in [-0.2, -0.15) is 0 Å². The van der Waals surface area contributed by atoms with Crippen LogP contribution in [0.15, 0.2) is 109 Å². The molecule has 0 radical (unpaired) electrons. The molecule has 222 valence electrons. The lowest BCUT2D eigenvalue weighted by atomic mass is 10.0. The highest BCUT2D eigenvalue weighted by atomic mass is 35.5. The zero-order valence-corrected chi connectivity index (χ0v) is 24.7. The monoisotopic (exact) mass is 608 g/mol. The van der Waals surface area contributed by atoms with Gasteiger partial charge < -0.3 is 14.2 Å². The topological polar surface area (TPSA) is 94.2 Å². The molecule has 4 amide bonds. The third-order valence-electron chi connectivity index (χ3n) is 6.79. The van der Waals surface area contributed by atoms with Crippen LogP contribution in [0.25, 0.3) is 6.08 Å². The number of amides is 4. The molecule has 0 unspecified atom stereocenters. The van der Waals surface area contributed by atoms with Gasteiger partial charge in [0.1, 0.15) is 24.5 Å². The number of benzene rings is 4. The van der Waals surface area contributed by atoms with Gasteiger partial charge in [0.25, 0.3) is 11.8 Å². The van der Waals surface area contributed by atoms with E-state index < -0.39 is 17.8 Å². The lowest BCUT2D eigenvalue weighted by Crippen LogP contribution is -2.54. The number of rotatable bonds is 11. The van der Waals surface area contributed by atoms with Crippen molar-refractivity contribution in [3.63, 3.8) is 0 Å². The van der Waals surface area contributed by atoms with Gasteiger partial charge in [0, 0.05) is 10.6 Å². The Balaban J connectivity index is 1.38. The predicted octanol–water partition coefficient (Wildman–Crippen LogP) is 6.90. The molecule has 0 aromatic heterocycles. The molecule has 0 atom stereocenters. The maximum absolute atomic E-state index is 13.5. The first-order valence-electron chi connectivity index (χ1n) is 13.7. The fourth-order valence-corrected chi connectivity index (χ4v) is 4.74. The van der Waals surface area contributed by atoms with Crippen LogP contribution >= 0.6 is 11.6 Å². The van der Waals surface area contributed by atoms with Gasteiger partial charge in [-0.3, -0.25) is 14.9 Å². The van der Waals surface area contributed by atoms with Crippen LogP contribution in [0.2, 0.25) is 5.02 Å². The molecule has 1 saturated heterocycles. The third kappa shape index (κ3) is 6.99. The number of nitrogens with one attached hydrogen (secondary N) is 1. The second-order valence-corrected chi connectivity index (χ2v) is 10.3. The zero-order valence-electron chi connectivity index (χ0n) is 23.9. The van der Waals surface area contributed by atoms with Gasteiger partial charge in [0.15, 0.2) is 11.5 Å². The zero-order chi connectivity index (χ0) is 31.1. The normalized spacial score (nSPS) is 13.9. The summed E-state index contributed by atoms with van der Waals surface area (Å²) in [5.41, 5.74) is 3.24. The van der Waals surface area contributed by atoms with Crippen molar-refractivity contribution in [3.05, 3.63) is 137 Å². The molecular weight excluding hydrogens is 580 g/mol. The van der Waals surface area contributed by atoms with Crippen LogP contribution in [0.1, 0.15) is 22.3 Å². The van der Waals surface area contributed by atoms with Crippen LogP contribution in [0.5, 0.6) is 17.2 Å². The summed E-state index contributed by atoms with van der Waals surface area (Å²) in [6, 6.07) is 26.1. The number of urea groups is 1. The van der Waals surface area contributed by atoms with Crippen molar-refractivity contribution in [1.82, 2.24) is 5.32 Å². The Hall–Kier alpha value is -5.34. The second-order valence-electron chi connectivity index (χ2n) is 9.85. The molecule has 0 saturated carbocycles. The molecule has 1 N–H and O–H groups in total. The number of carbonyl (C=O) groups excluding carboxylic acids is 3. The average Bonchev–Trinajstić information content (AvgIpc) is 3.03. The smallest absolute Gasteiger partial charge is 0.335 e. The molecule has 5 rings (SSSR count). The van der Waals surface area contributed by atoms with Crippen molar-refractivity contribution in [2.24, 2.45) is 0 Å². The fourth-order valence-electron chi connectivity index (χ4n) is 4.62. The second kappa shape index (κ2) is 13.8. The first-order valence-corrected chi connectivity index (χ1v) is 14.1. The number of methoxy groups -OCH3 is 1. The molecule has 0 aliphatic carbocycles. The minimum absolute atomic E-state index is 0.213. The molecular formula is C35H29ClN2O6. The molecule has 4 aromatic rings. The predicted molar refractivity (Wildman–Crippen MR) is 169 cm³/mol. The van der Waals surface area contributed by atoms with Gasteiger partial charge in [-0.25, -0.2) is 9.69 Å². The van der Waals surface area contributed by atoms with Gasteiger partial charge in [0.2, 0.25) is 0 Å². The molecule has 1 aliphatic heterocycles. The van der Waals surface area contributed by atoms with E-state index in [0.717, 1.165) is 21.6 Å². The number of nitrogens with zero attached hydrogens (tertiary/aromatic N) is 1. The number of imide groups is 2. The summed E-state index contributed by atoms with van der Waals surface area (Å²) >= 11 is 5.99. The number of hydrogen-bond donors (Lipinski definition) is 1. The van der Waals surface area contributed by atoms with Crippen molar-refractivity contribution in [1.29, 1.82) is 0 Å². The fraction of sp³-hybridized carbons (Fsp3) is 0.114. The van der Waals surface area contributed by atoms with E-state index in [2.05, 4.69) is 11.9 Å². The summed E-state index contributed by atoms with van der Waals surface area (Å²) in [7, 11) is 1.51.